The molecule has 1 rings (SSSR count). The Hall–Kier alpha value is -1.00. The second-order valence-corrected chi connectivity index (χ2v) is 5.68. The Bertz CT molecular complexity index is 407. The minimum Gasteiger partial charge on any atom is -0.385 e. The monoisotopic (exact) mass is 271 g/mol. The zero-order chi connectivity index (χ0) is 14.5. The molecule has 0 aliphatic rings. The molecule has 0 bridgehead atoms. The molecule has 0 aliphatic heterocycles. The maximum absolute atomic E-state index is 13.2. The van der Waals surface area contributed by atoms with Crippen LogP contribution in [0.15, 0.2) is 18.2 Å². The van der Waals surface area contributed by atoms with Gasteiger partial charge in [0.1, 0.15) is 0 Å². The summed E-state index contributed by atoms with van der Waals surface area (Å²) in [6, 6.07) is 4.00. The molecule has 0 amide bonds. The first-order valence-corrected chi connectivity index (χ1v) is 6.53. The third kappa shape index (κ3) is 5.25. The van der Waals surface area contributed by atoms with Crippen LogP contribution in [-0.2, 0) is 4.74 Å². The molecule has 0 saturated heterocycles. The van der Waals surface area contributed by atoms with E-state index in [-0.39, 0.29) is 11.5 Å². The van der Waals surface area contributed by atoms with Crippen molar-refractivity contribution in [2.24, 2.45) is 5.41 Å². The molecule has 1 aromatic rings. The van der Waals surface area contributed by atoms with E-state index in [2.05, 4.69) is 19.2 Å². The second-order valence-electron chi connectivity index (χ2n) is 5.68. The predicted octanol–water partition coefficient (Wildman–Crippen LogP) is 3.68. The Morgan fingerprint density at radius 1 is 1.26 bits per heavy atom. The Kier molecular flexibility index (Phi) is 5.88. The molecule has 0 fully saturated rings. The van der Waals surface area contributed by atoms with Crippen molar-refractivity contribution in [1.29, 1.82) is 0 Å². The molecular formula is C15H23F2NO. The molecule has 1 N–H and O–H groups in total. The lowest BCUT2D eigenvalue weighted by Crippen LogP contribution is -2.32. The largest absolute Gasteiger partial charge is 0.385 e. The van der Waals surface area contributed by atoms with Gasteiger partial charge >= 0.3 is 0 Å². The van der Waals surface area contributed by atoms with E-state index in [0.29, 0.717) is 6.61 Å². The minimum absolute atomic E-state index is 0.0167. The van der Waals surface area contributed by atoms with E-state index in [4.69, 9.17) is 4.74 Å². The molecule has 1 atom stereocenters. The van der Waals surface area contributed by atoms with Crippen molar-refractivity contribution in [2.75, 3.05) is 20.3 Å². The SMILES string of the molecule is COCCC(C)(C)CNC(C)c1ccc(F)c(F)c1. The van der Waals surface area contributed by atoms with E-state index in [1.54, 1.807) is 13.2 Å². The van der Waals surface area contributed by atoms with Crippen LogP contribution in [0.3, 0.4) is 0 Å². The minimum atomic E-state index is -0.809. The zero-order valence-electron chi connectivity index (χ0n) is 12.1. The van der Waals surface area contributed by atoms with Gasteiger partial charge in [0.25, 0.3) is 0 Å². The molecule has 1 aromatic carbocycles. The average Bonchev–Trinajstić information content (AvgIpc) is 2.37. The summed E-state index contributed by atoms with van der Waals surface area (Å²) in [5.74, 6) is -1.61. The van der Waals surface area contributed by atoms with E-state index in [1.165, 1.54) is 12.1 Å². The Balaban J connectivity index is 2.54. The predicted molar refractivity (Wildman–Crippen MR) is 73.0 cm³/mol. The summed E-state index contributed by atoms with van der Waals surface area (Å²) in [5.41, 5.74) is 0.851. The fourth-order valence-electron chi connectivity index (χ4n) is 1.80. The first-order valence-electron chi connectivity index (χ1n) is 6.53. The molecule has 108 valence electrons. The molecule has 0 saturated carbocycles. The summed E-state index contributed by atoms with van der Waals surface area (Å²) in [5, 5.41) is 3.35. The van der Waals surface area contributed by atoms with Crippen molar-refractivity contribution in [3.8, 4) is 0 Å². The van der Waals surface area contributed by atoms with Crippen LogP contribution in [0.1, 0.15) is 38.8 Å². The van der Waals surface area contributed by atoms with Gasteiger partial charge in [0, 0.05) is 26.3 Å². The third-order valence-electron chi connectivity index (χ3n) is 3.31. The first-order chi connectivity index (χ1) is 8.85. The highest BCUT2D eigenvalue weighted by atomic mass is 19.2. The Labute approximate surface area is 114 Å². The summed E-state index contributed by atoms with van der Waals surface area (Å²) in [6.07, 6.45) is 0.945. The van der Waals surface area contributed by atoms with Gasteiger partial charge in [0.2, 0.25) is 0 Å². The van der Waals surface area contributed by atoms with Crippen molar-refractivity contribution in [3.63, 3.8) is 0 Å². The Morgan fingerprint density at radius 3 is 2.53 bits per heavy atom. The van der Waals surface area contributed by atoms with Crippen molar-refractivity contribution in [3.05, 3.63) is 35.4 Å². The van der Waals surface area contributed by atoms with E-state index >= 15 is 0 Å². The summed E-state index contributed by atoms with van der Waals surface area (Å²) >= 11 is 0. The van der Waals surface area contributed by atoms with Gasteiger partial charge in [-0.15, -0.1) is 0 Å². The topological polar surface area (TPSA) is 21.3 Å². The van der Waals surface area contributed by atoms with Gasteiger partial charge in [-0.25, -0.2) is 8.78 Å². The maximum Gasteiger partial charge on any atom is 0.159 e. The van der Waals surface area contributed by atoms with Crippen LogP contribution < -0.4 is 5.32 Å². The smallest absolute Gasteiger partial charge is 0.159 e. The van der Waals surface area contributed by atoms with Crippen LogP contribution in [-0.4, -0.2) is 20.3 Å². The molecule has 0 spiro atoms. The number of ether oxygens (including phenoxy) is 1. The van der Waals surface area contributed by atoms with Gasteiger partial charge in [-0.2, -0.15) is 0 Å². The van der Waals surface area contributed by atoms with Crippen molar-refractivity contribution < 1.29 is 13.5 Å². The van der Waals surface area contributed by atoms with Gasteiger partial charge in [0.15, 0.2) is 11.6 Å². The summed E-state index contributed by atoms with van der Waals surface area (Å²) in [7, 11) is 1.69. The molecule has 2 nitrogen and oxygen atoms in total. The van der Waals surface area contributed by atoms with Crippen molar-refractivity contribution in [2.45, 2.75) is 33.2 Å². The van der Waals surface area contributed by atoms with Crippen LogP contribution in [0.5, 0.6) is 0 Å². The van der Waals surface area contributed by atoms with Crippen LogP contribution in [0.25, 0.3) is 0 Å². The molecule has 4 heteroatoms. The summed E-state index contributed by atoms with van der Waals surface area (Å²) < 4.78 is 31.1. The summed E-state index contributed by atoms with van der Waals surface area (Å²) in [6.45, 7) is 7.75. The lowest BCUT2D eigenvalue weighted by atomic mass is 9.89. The molecule has 19 heavy (non-hydrogen) atoms. The maximum atomic E-state index is 13.2. The lowest BCUT2D eigenvalue weighted by Gasteiger charge is -2.27. The molecule has 0 aromatic heterocycles. The van der Waals surface area contributed by atoms with E-state index in [9.17, 15) is 8.78 Å². The normalized spacial score (nSPS) is 13.6. The highest BCUT2D eigenvalue weighted by Crippen LogP contribution is 2.22. The van der Waals surface area contributed by atoms with E-state index in [0.717, 1.165) is 18.5 Å². The first kappa shape index (κ1) is 16.1. The number of halogens is 2. The second kappa shape index (κ2) is 6.96. The molecule has 0 heterocycles. The number of nitrogens with one attached hydrogen (secondary N) is 1. The number of methoxy groups -OCH3 is 1. The molecule has 0 radical (unpaired) electrons. The lowest BCUT2D eigenvalue weighted by molar-refractivity contribution is 0.149. The fourth-order valence-corrected chi connectivity index (χ4v) is 1.80. The summed E-state index contributed by atoms with van der Waals surface area (Å²) in [4.78, 5) is 0. The van der Waals surface area contributed by atoms with Gasteiger partial charge in [-0.1, -0.05) is 19.9 Å². The van der Waals surface area contributed by atoms with Gasteiger partial charge < -0.3 is 10.1 Å². The van der Waals surface area contributed by atoms with Crippen LogP contribution in [0, 0.1) is 17.0 Å². The van der Waals surface area contributed by atoms with Crippen LogP contribution in [0.4, 0.5) is 8.78 Å². The fraction of sp³-hybridized carbons (Fsp3) is 0.600. The number of hydrogen-bond donors (Lipinski definition) is 1. The Morgan fingerprint density at radius 2 is 1.95 bits per heavy atom. The highest BCUT2D eigenvalue weighted by molar-refractivity contribution is 5.20. The van der Waals surface area contributed by atoms with E-state index < -0.39 is 11.6 Å². The average molecular weight is 271 g/mol. The van der Waals surface area contributed by atoms with Crippen molar-refractivity contribution >= 4 is 0 Å². The molecule has 0 aliphatic carbocycles. The number of rotatable bonds is 7. The van der Waals surface area contributed by atoms with Gasteiger partial charge in [0.05, 0.1) is 0 Å². The quantitative estimate of drug-likeness (QED) is 0.817. The standard InChI is InChI=1S/C15H23F2NO/c1-11(12-5-6-13(16)14(17)9-12)18-10-15(2,3)7-8-19-4/h5-6,9,11,18H,7-8,10H2,1-4H3. The van der Waals surface area contributed by atoms with Crippen LogP contribution >= 0.6 is 0 Å². The van der Waals surface area contributed by atoms with E-state index in [1.807, 2.05) is 6.92 Å². The third-order valence-corrected chi connectivity index (χ3v) is 3.31. The highest BCUT2D eigenvalue weighted by Gasteiger charge is 2.19. The van der Waals surface area contributed by atoms with Gasteiger partial charge in [-0.3, -0.25) is 0 Å². The van der Waals surface area contributed by atoms with Crippen molar-refractivity contribution in [1.82, 2.24) is 5.32 Å². The number of benzene rings is 1. The molecule has 1 unspecified atom stereocenters. The zero-order valence-corrected chi connectivity index (χ0v) is 12.1. The van der Waals surface area contributed by atoms with Gasteiger partial charge in [-0.05, 0) is 36.5 Å². The molecular weight excluding hydrogens is 248 g/mol. The van der Waals surface area contributed by atoms with Crippen LogP contribution in [0.2, 0.25) is 0 Å². The number of hydrogen-bond acceptors (Lipinski definition) is 2.